The van der Waals surface area contributed by atoms with Gasteiger partial charge in [0.05, 0.1) is 12.0 Å². The highest BCUT2D eigenvalue weighted by molar-refractivity contribution is 6.31. The highest BCUT2D eigenvalue weighted by Crippen LogP contribution is 2.16. The molecule has 0 fully saturated rings. The number of carbonyl (C=O) groups is 1. The lowest BCUT2D eigenvalue weighted by atomic mass is 10.1. The molecule has 0 aliphatic rings. The van der Waals surface area contributed by atoms with Crippen molar-refractivity contribution >= 4 is 17.4 Å². The molecule has 2 rings (SSSR count). The van der Waals surface area contributed by atoms with E-state index in [4.69, 9.17) is 11.6 Å². The van der Waals surface area contributed by atoms with Crippen LogP contribution < -0.4 is 0 Å². The number of halogens is 2. The molecule has 0 aliphatic heterocycles. The maximum absolute atomic E-state index is 13.5. The summed E-state index contributed by atoms with van der Waals surface area (Å²) in [5.74, 6) is -0.425. The van der Waals surface area contributed by atoms with Crippen LogP contribution in [0.25, 0.3) is 0 Å². The summed E-state index contributed by atoms with van der Waals surface area (Å²) in [5, 5.41) is 4.29. The molecule has 4 nitrogen and oxygen atoms in total. The monoisotopic (exact) mass is 267 g/mol. The number of carbonyl (C=O) groups excluding carboxylic acids is 1. The van der Waals surface area contributed by atoms with Gasteiger partial charge in [-0.1, -0.05) is 11.6 Å². The maximum atomic E-state index is 13.5. The van der Waals surface area contributed by atoms with Crippen LogP contribution in [0, 0.1) is 5.82 Å². The Hall–Kier alpha value is -1.75. The van der Waals surface area contributed by atoms with Gasteiger partial charge in [0.15, 0.2) is 5.78 Å². The lowest BCUT2D eigenvalue weighted by Crippen LogP contribution is -2.12. The van der Waals surface area contributed by atoms with E-state index in [1.807, 2.05) is 6.92 Å². The number of aryl methyl sites for hydroxylation is 1. The van der Waals surface area contributed by atoms with E-state index in [1.165, 1.54) is 24.5 Å². The first kappa shape index (κ1) is 12.7. The minimum Gasteiger partial charge on any atom is -0.294 e. The fraction of sp³-hybridized carbons (Fsp3) is 0.250. The third kappa shape index (κ3) is 2.56. The number of nitrogens with zero attached hydrogens (tertiary/aromatic N) is 3. The van der Waals surface area contributed by atoms with E-state index < -0.39 is 5.82 Å². The van der Waals surface area contributed by atoms with Crippen LogP contribution in [0.2, 0.25) is 5.02 Å². The number of Topliss-reactive ketones (excluding diaryl/α,β-unsaturated/α-hetero) is 1. The van der Waals surface area contributed by atoms with Gasteiger partial charge < -0.3 is 0 Å². The second-order valence-corrected chi connectivity index (χ2v) is 4.15. The zero-order chi connectivity index (χ0) is 13.1. The smallest absolute Gasteiger partial charge is 0.173 e. The SMILES string of the molecule is CCn1ncnc1CC(=O)c1cc(Cl)ccc1F. The topological polar surface area (TPSA) is 47.8 Å². The van der Waals surface area contributed by atoms with Crippen LogP contribution in [0.1, 0.15) is 23.1 Å². The van der Waals surface area contributed by atoms with Gasteiger partial charge in [0.25, 0.3) is 0 Å². The zero-order valence-electron chi connectivity index (χ0n) is 9.73. The van der Waals surface area contributed by atoms with Crippen molar-refractivity contribution in [1.29, 1.82) is 0 Å². The molecule has 1 aromatic heterocycles. The Balaban J connectivity index is 2.25. The average Bonchev–Trinajstić information content (AvgIpc) is 2.79. The normalized spacial score (nSPS) is 10.6. The molecule has 0 saturated carbocycles. The third-order valence-corrected chi connectivity index (χ3v) is 2.78. The maximum Gasteiger partial charge on any atom is 0.173 e. The van der Waals surface area contributed by atoms with E-state index in [-0.39, 0.29) is 17.8 Å². The van der Waals surface area contributed by atoms with Crippen LogP contribution in [-0.4, -0.2) is 20.5 Å². The molecule has 18 heavy (non-hydrogen) atoms. The Bertz CT molecular complexity index is 582. The van der Waals surface area contributed by atoms with Crippen molar-refractivity contribution < 1.29 is 9.18 Å². The lowest BCUT2D eigenvalue weighted by Gasteiger charge is -2.04. The minimum atomic E-state index is -0.577. The zero-order valence-corrected chi connectivity index (χ0v) is 10.5. The predicted molar refractivity (Wildman–Crippen MR) is 65.1 cm³/mol. The van der Waals surface area contributed by atoms with E-state index in [2.05, 4.69) is 10.1 Å². The summed E-state index contributed by atoms with van der Waals surface area (Å²) in [4.78, 5) is 16.0. The fourth-order valence-corrected chi connectivity index (χ4v) is 1.81. The van der Waals surface area contributed by atoms with Gasteiger partial charge in [0.1, 0.15) is 18.0 Å². The first-order valence-corrected chi connectivity index (χ1v) is 5.84. The van der Waals surface area contributed by atoms with E-state index in [1.54, 1.807) is 4.68 Å². The Morgan fingerprint density at radius 3 is 3.00 bits per heavy atom. The van der Waals surface area contributed by atoms with E-state index in [0.717, 1.165) is 0 Å². The number of rotatable bonds is 4. The van der Waals surface area contributed by atoms with Crippen LogP contribution in [0.5, 0.6) is 0 Å². The molecule has 94 valence electrons. The standard InChI is InChI=1S/C12H11ClFN3O/c1-2-17-12(15-7-16-17)6-11(18)9-5-8(13)3-4-10(9)14/h3-5,7H,2,6H2,1H3. The van der Waals surface area contributed by atoms with Crippen molar-refractivity contribution in [3.8, 4) is 0 Å². The highest BCUT2D eigenvalue weighted by Gasteiger charge is 2.15. The first-order valence-electron chi connectivity index (χ1n) is 5.46. The Morgan fingerprint density at radius 1 is 1.50 bits per heavy atom. The predicted octanol–water partition coefficient (Wildman–Crippen LogP) is 2.52. The van der Waals surface area contributed by atoms with Crippen molar-refractivity contribution in [2.24, 2.45) is 0 Å². The van der Waals surface area contributed by atoms with Crippen molar-refractivity contribution in [3.05, 3.63) is 46.8 Å². The van der Waals surface area contributed by atoms with Crippen molar-refractivity contribution in [3.63, 3.8) is 0 Å². The van der Waals surface area contributed by atoms with Gasteiger partial charge in [-0.15, -0.1) is 0 Å². The minimum absolute atomic E-state index is 0.00506. The van der Waals surface area contributed by atoms with Crippen LogP contribution in [0.3, 0.4) is 0 Å². The molecular formula is C12H11ClFN3O. The Kier molecular flexibility index (Phi) is 3.72. The molecule has 0 atom stereocenters. The average molecular weight is 268 g/mol. The Labute approximate surface area is 108 Å². The van der Waals surface area contributed by atoms with Crippen LogP contribution in [0.15, 0.2) is 24.5 Å². The van der Waals surface area contributed by atoms with Gasteiger partial charge >= 0.3 is 0 Å². The van der Waals surface area contributed by atoms with E-state index in [0.29, 0.717) is 17.4 Å². The molecule has 2 aromatic rings. The largest absolute Gasteiger partial charge is 0.294 e. The summed E-state index contributed by atoms with van der Waals surface area (Å²) >= 11 is 5.75. The summed E-state index contributed by atoms with van der Waals surface area (Å²) in [6, 6.07) is 3.91. The highest BCUT2D eigenvalue weighted by atomic mass is 35.5. The number of ketones is 1. The molecule has 6 heteroatoms. The van der Waals surface area contributed by atoms with Gasteiger partial charge in [0, 0.05) is 11.6 Å². The van der Waals surface area contributed by atoms with Crippen molar-refractivity contribution in [1.82, 2.24) is 14.8 Å². The van der Waals surface area contributed by atoms with Crippen LogP contribution in [0.4, 0.5) is 4.39 Å². The summed E-state index contributed by atoms with van der Waals surface area (Å²) < 4.78 is 15.1. The van der Waals surface area contributed by atoms with E-state index in [9.17, 15) is 9.18 Å². The van der Waals surface area contributed by atoms with E-state index >= 15 is 0 Å². The number of hydrogen-bond donors (Lipinski definition) is 0. The van der Waals surface area contributed by atoms with Crippen LogP contribution in [-0.2, 0) is 13.0 Å². The second-order valence-electron chi connectivity index (χ2n) is 3.72. The number of aromatic nitrogens is 3. The molecule has 0 unspecified atom stereocenters. The van der Waals surface area contributed by atoms with Crippen LogP contribution >= 0.6 is 11.6 Å². The molecule has 0 spiro atoms. The van der Waals surface area contributed by atoms with Gasteiger partial charge in [-0.25, -0.2) is 14.1 Å². The summed E-state index contributed by atoms with van der Waals surface area (Å²) in [7, 11) is 0. The molecule has 1 aromatic carbocycles. The molecule has 0 N–H and O–H groups in total. The van der Waals surface area contributed by atoms with Crippen molar-refractivity contribution in [2.45, 2.75) is 19.9 Å². The second kappa shape index (κ2) is 5.27. The number of hydrogen-bond acceptors (Lipinski definition) is 3. The molecule has 0 saturated heterocycles. The Morgan fingerprint density at radius 2 is 2.28 bits per heavy atom. The summed E-state index contributed by atoms with van der Waals surface area (Å²) in [6.07, 6.45) is 1.38. The van der Waals surface area contributed by atoms with Gasteiger partial charge in [-0.05, 0) is 25.1 Å². The summed E-state index contributed by atoms with van der Waals surface area (Å²) in [6.45, 7) is 2.50. The molecule has 0 aliphatic carbocycles. The molecule has 0 radical (unpaired) electrons. The molecule has 1 heterocycles. The first-order chi connectivity index (χ1) is 8.61. The lowest BCUT2D eigenvalue weighted by molar-refractivity contribution is 0.0985. The quantitative estimate of drug-likeness (QED) is 0.800. The van der Waals surface area contributed by atoms with Crippen molar-refractivity contribution in [2.75, 3.05) is 0 Å². The summed E-state index contributed by atoms with van der Waals surface area (Å²) in [5.41, 5.74) is -0.0202. The molecule has 0 bridgehead atoms. The fourth-order valence-electron chi connectivity index (χ4n) is 1.64. The number of benzene rings is 1. The molecular weight excluding hydrogens is 257 g/mol. The van der Waals surface area contributed by atoms with Gasteiger partial charge in [-0.2, -0.15) is 5.10 Å². The van der Waals surface area contributed by atoms with Gasteiger partial charge in [0.2, 0.25) is 0 Å². The molecule has 0 amide bonds. The third-order valence-electron chi connectivity index (χ3n) is 2.54. The van der Waals surface area contributed by atoms with Gasteiger partial charge in [-0.3, -0.25) is 4.79 Å².